The van der Waals surface area contributed by atoms with Crippen LogP contribution in [-0.4, -0.2) is 30.3 Å². The lowest BCUT2D eigenvalue weighted by Gasteiger charge is -2.08. The maximum atomic E-state index is 9.89. The SMILES string of the molecule is Cn1nncc1C(O)c1cn[nH]c1N. The zero-order chi connectivity index (χ0) is 10.1. The van der Waals surface area contributed by atoms with E-state index in [-0.39, 0.29) is 0 Å². The number of aliphatic hydroxyl groups is 1. The van der Waals surface area contributed by atoms with Crippen molar-refractivity contribution in [2.75, 3.05) is 5.73 Å². The van der Waals surface area contributed by atoms with Gasteiger partial charge in [0, 0.05) is 12.6 Å². The van der Waals surface area contributed by atoms with Gasteiger partial charge in [-0.1, -0.05) is 5.21 Å². The Balaban J connectivity index is 2.38. The van der Waals surface area contributed by atoms with E-state index in [0.717, 1.165) is 0 Å². The van der Waals surface area contributed by atoms with Gasteiger partial charge in [-0.3, -0.25) is 5.10 Å². The summed E-state index contributed by atoms with van der Waals surface area (Å²) in [5, 5.41) is 23.5. The van der Waals surface area contributed by atoms with Crippen molar-refractivity contribution >= 4 is 5.82 Å². The molecule has 7 nitrogen and oxygen atoms in total. The van der Waals surface area contributed by atoms with E-state index in [1.54, 1.807) is 7.05 Å². The van der Waals surface area contributed by atoms with Crippen molar-refractivity contribution in [2.45, 2.75) is 6.10 Å². The van der Waals surface area contributed by atoms with Gasteiger partial charge in [0.1, 0.15) is 11.9 Å². The number of aromatic amines is 1. The van der Waals surface area contributed by atoms with Crippen LogP contribution in [0.1, 0.15) is 17.4 Å². The van der Waals surface area contributed by atoms with Gasteiger partial charge in [0.2, 0.25) is 0 Å². The summed E-state index contributed by atoms with van der Waals surface area (Å²) in [4.78, 5) is 0. The number of hydrogen-bond donors (Lipinski definition) is 3. The number of nitrogens with two attached hydrogens (primary N) is 1. The van der Waals surface area contributed by atoms with Crippen LogP contribution in [0.25, 0.3) is 0 Å². The van der Waals surface area contributed by atoms with E-state index >= 15 is 0 Å². The molecule has 0 bridgehead atoms. The highest BCUT2D eigenvalue weighted by atomic mass is 16.3. The number of rotatable bonds is 2. The Morgan fingerprint density at radius 2 is 2.36 bits per heavy atom. The molecule has 1 atom stereocenters. The quantitative estimate of drug-likeness (QED) is 0.580. The number of H-pyrrole nitrogens is 1. The molecule has 2 heterocycles. The molecule has 0 aliphatic carbocycles. The van der Waals surface area contributed by atoms with Crippen LogP contribution in [0, 0.1) is 0 Å². The number of nitrogens with zero attached hydrogens (tertiary/aromatic N) is 4. The normalized spacial score (nSPS) is 13.0. The van der Waals surface area contributed by atoms with E-state index in [9.17, 15) is 5.11 Å². The van der Waals surface area contributed by atoms with Crippen molar-refractivity contribution in [2.24, 2.45) is 7.05 Å². The molecule has 14 heavy (non-hydrogen) atoms. The van der Waals surface area contributed by atoms with Crippen molar-refractivity contribution in [3.63, 3.8) is 0 Å². The number of anilines is 1. The average Bonchev–Trinajstić information content (AvgIpc) is 2.73. The molecule has 0 amide bonds. The lowest BCUT2D eigenvalue weighted by atomic mass is 10.1. The van der Waals surface area contributed by atoms with E-state index in [1.165, 1.54) is 17.1 Å². The number of hydrogen-bond acceptors (Lipinski definition) is 5. The molecule has 74 valence electrons. The number of nitrogens with one attached hydrogen (secondary N) is 1. The van der Waals surface area contributed by atoms with Crippen molar-refractivity contribution in [3.8, 4) is 0 Å². The van der Waals surface area contributed by atoms with E-state index in [0.29, 0.717) is 17.1 Å². The largest absolute Gasteiger partial charge is 0.384 e. The second kappa shape index (κ2) is 3.11. The third-order valence-corrected chi connectivity index (χ3v) is 2.02. The summed E-state index contributed by atoms with van der Waals surface area (Å²) in [6.07, 6.45) is 2.11. The van der Waals surface area contributed by atoms with Gasteiger partial charge in [-0.2, -0.15) is 5.10 Å². The zero-order valence-corrected chi connectivity index (χ0v) is 7.55. The van der Waals surface area contributed by atoms with Crippen LogP contribution in [0.2, 0.25) is 0 Å². The van der Waals surface area contributed by atoms with Gasteiger partial charge in [0.25, 0.3) is 0 Å². The minimum Gasteiger partial charge on any atom is -0.384 e. The summed E-state index contributed by atoms with van der Waals surface area (Å²) < 4.78 is 1.48. The molecule has 0 aromatic carbocycles. The topological polar surface area (TPSA) is 106 Å². The van der Waals surface area contributed by atoms with Crippen LogP contribution in [0.15, 0.2) is 12.4 Å². The lowest BCUT2D eigenvalue weighted by molar-refractivity contribution is 0.210. The summed E-state index contributed by atoms with van der Waals surface area (Å²) in [6, 6.07) is 0. The number of nitrogen functional groups attached to an aromatic ring is 1. The summed E-state index contributed by atoms with van der Waals surface area (Å²) in [6.45, 7) is 0. The van der Waals surface area contributed by atoms with Crippen molar-refractivity contribution < 1.29 is 5.11 Å². The van der Waals surface area contributed by atoms with E-state index < -0.39 is 6.10 Å². The molecular weight excluding hydrogens is 184 g/mol. The fourth-order valence-electron chi connectivity index (χ4n) is 1.23. The monoisotopic (exact) mass is 194 g/mol. The van der Waals surface area contributed by atoms with Gasteiger partial charge in [-0.25, -0.2) is 4.68 Å². The summed E-state index contributed by atoms with van der Waals surface area (Å²) in [5.74, 6) is 0.346. The van der Waals surface area contributed by atoms with Gasteiger partial charge in [-0.15, -0.1) is 5.10 Å². The first-order valence-corrected chi connectivity index (χ1v) is 4.01. The zero-order valence-electron chi connectivity index (χ0n) is 7.55. The minimum absolute atomic E-state index is 0.346. The predicted octanol–water partition coefficient (Wildman–Crippen LogP) is -0.798. The van der Waals surface area contributed by atoms with Crippen LogP contribution in [0.5, 0.6) is 0 Å². The smallest absolute Gasteiger partial charge is 0.127 e. The molecule has 2 aromatic rings. The third-order valence-electron chi connectivity index (χ3n) is 2.02. The van der Waals surface area contributed by atoms with E-state index in [4.69, 9.17) is 5.73 Å². The maximum Gasteiger partial charge on any atom is 0.127 e. The second-order valence-corrected chi connectivity index (χ2v) is 2.92. The van der Waals surface area contributed by atoms with Crippen LogP contribution in [0.4, 0.5) is 5.82 Å². The first-order valence-electron chi connectivity index (χ1n) is 4.01. The fourth-order valence-corrected chi connectivity index (χ4v) is 1.23. The van der Waals surface area contributed by atoms with Crippen LogP contribution in [0.3, 0.4) is 0 Å². The minimum atomic E-state index is -0.853. The molecule has 0 radical (unpaired) electrons. The molecule has 0 aliphatic rings. The molecule has 7 heteroatoms. The highest BCUT2D eigenvalue weighted by Gasteiger charge is 2.18. The van der Waals surface area contributed by atoms with Crippen LogP contribution in [-0.2, 0) is 7.05 Å². The Morgan fingerprint density at radius 1 is 1.57 bits per heavy atom. The van der Waals surface area contributed by atoms with Crippen molar-refractivity contribution in [1.29, 1.82) is 0 Å². The van der Waals surface area contributed by atoms with E-state index in [2.05, 4.69) is 20.5 Å². The second-order valence-electron chi connectivity index (χ2n) is 2.92. The van der Waals surface area contributed by atoms with Crippen LogP contribution < -0.4 is 5.73 Å². The Labute approximate surface area is 79.5 Å². The first-order chi connectivity index (χ1) is 6.70. The van der Waals surface area contributed by atoms with Gasteiger partial charge in [-0.05, 0) is 0 Å². The maximum absolute atomic E-state index is 9.89. The first kappa shape index (κ1) is 8.70. The average molecular weight is 194 g/mol. The molecule has 2 rings (SSSR count). The number of aliphatic hydroxyl groups excluding tert-OH is 1. The van der Waals surface area contributed by atoms with E-state index in [1.807, 2.05) is 0 Å². The molecule has 0 spiro atoms. The molecule has 0 saturated heterocycles. The highest BCUT2D eigenvalue weighted by Crippen LogP contribution is 2.23. The Bertz CT molecular complexity index is 393. The predicted molar refractivity (Wildman–Crippen MR) is 48.1 cm³/mol. The van der Waals surface area contributed by atoms with Gasteiger partial charge in [0.15, 0.2) is 0 Å². The molecule has 0 aliphatic heterocycles. The van der Waals surface area contributed by atoms with Gasteiger partial charge < -0.3 is 10.8 Å². The van der Waals surface area contributed by atoms with Crippen molar-refractivity contribution in [3.05, 3.63) is 23.7 Å². The highest BCUT2D eigenvalue weighted by molar-refractivity contribution is 5.41. The summed E-state index contributed by atoms with van der Waals surface area (Å²) in [5.41, 5.74) is 6.66. The van der Waals surface area contributed by atoms with Crippen LogP contribution >= 0.6 is 0 Å². The van der Waals surface area contributed by atoms with Gasteiger partial charge in [0.05, 0.1) is 18.1 Å². The lowest BCUT2D eigenvalue weighted by Crippen LogP contribution is -2.07. The Kier molecular flexibility index (Phi) is 1.93. The molecule has 0 fully saturated rings. The van der Waals surface area contributed by atoms with Gasteiger partial charge >= 0.3 is 0 Å². The molecule has 2 aromatic heterocycles. The molecule has 1 unspecified atom stereocenters. The third kappa shape index (κ3) is 1.23. The summed E-state index contributed by atoms with van der Waals surface area (Å²) >= 11 is 0. The number of aryl methyl sites for hydroxylation is 1. The standard InChI is InChI=1S/C7H10N6O/c1-13-5(3-10-12-13)6(14)4-2-9-11-7(4)8/h2-3,6,14H,1H3,(H3,8,9,11). The molecule has 0 saturated carbocycles. The summed E-state index contributed by atoms with van der Waals surface area (Å²) in [7, 11) is 1.70. The van der Waals surface area contributed by atoms with Crippen molar-refractivity contribution in [1.82, 2.24) is 25.2 Å². The Hall–Kier alpha value is -1.89. The molecular formula is C7H10N6O. The molecule has 4 N–H and O–H groups in total. The number of aromatic nitrogens is 5. The Morgan fingerprint density at radius 3 is 2.86 bits per heavy atom. The fraction of sp³-hybridized carbons (Fsp3) is 0.286.